The third-order valence-electron chi connectivity index (χ3n) is 3.78. The molecule has 18 heavy (non-hydrogen) atoms. The van der Waals surface area contributed by atoms with Gasteiger partial charge in [0.2, 0.25) is 0 Å². The van der Waals surface area contributed by atoms with Gasteiger partial charge in [-0.05, 0) is 54.0 Å². The summed E-state index contributed by atoms with van der Waals surface area (Å²) in [7, 11) is 0. The summed E-state index contributed by atoms with van der Waals surface area (Å²) in [5.41, 5.74) is 0.103. The van der Waals surface area contributed by atoms with Gasteiger partial charge < -0.3 is 14.8 Å². The van der Waals surface area contributed by atoms with Gasteiger partial charge in [-0.3, -0.25) is 0 Å². The van der Waals surface area contributed by atoms with E-state index in [-0.39, 0.29) is 11.7 Å². The van der Waals surface area contributed by atoms with E-state index in [1.54, 1.807) is 11.3 Å². The molecule has 1 unspecified atom stereocenters. The summed E-state index contributed by atoms with van der Waals surface area (Å²) in [5, 5.41) is 3.39. The van der Waals surface area contributed by atoms with E-state index in [0.717, 1.165) is 39.0 Å². The number of rotatable bonds is 3. The molecule has 2 fully saturated rings. The van der Waals surface area contributed by atoms with E-state index in [0.29, 0.717) is 6.61 Å². The van der Waals surface area contributed by atoms with Crippen LogP contribution in [0, 0.1) is 0 Å². The lowest BCUT2D eigenvalue weighted by Crippen LogP contribution is -2.41. The van der Waals surface area contributed by atoms with Gasteiger partial charge in [0.25, 0.3) is 0 Å². The highest BCUT2D eigenvalue weighted by Crippen LogP contribution is 2.35. The minimum atomic E-state index is 0.103. The van der Waals surface area contributed by atoms with Gasteiger partial charge in [0.1, 0.15) is 0 Å². The molecule has 1 aromatic heterocycles. The molecule has 0 aromatic carbocycles. The maximum Gasteiger partial charge on any atom is 0.0841 e. The number of thiophene rings is 1. The number of halogens is 1. The Morgan fingerprint density at radius 1 is 1.44 bits per heavy atom. The first kappa shape index (κ1) is 13.1. The lowest BCUT2D eigenvalue weighted by atomic mass is 9.89. The van der Waals surface area contributed by atoms with E-state index < -0.39 is 0 Å². The van der Waals surface area contributed by atoms with Gasteiger partial charge in [-0.15, -0.1) is 11.3 Å². The van der Waals surface area contributed by atoms with Crippen molar-refractivity contribution in [2.45, 2.75) is 37.6 Å². The minimum absolute atomic E-state index is 0.103. The zero-order valence-electron chi connectivity index (χ0n) is 10.3. The van der Waals surface area contributed by atoms with E-state index in [9.17, 15) is 0 Å². The smallest absolute Gasteiger partial charge is 0.0841 e. The van der Waals surface area contributed by atoms with Crippen LogP contribution in [0.2, 0.25) is 0 Å². The van der Waals surface area contributed by atoms with Crippen LogP contribution in [0.15, 0.2) is 15.9 Å². The molecule has 3 heterocycles. The summed E-state index contributed by atoms with van der Waals surface area (Å²) < 4.78 is 13.2. The molecule has 0 radical (unpaired) electrons. The zero-order chi connectivity index (χ0) is 12.4. The molecule has 100 valence electrons. The lowest BCUT2D eigenvalue weighted by molar-refractivity contribution is -0.0240. The molecule has 1 spiro atoms. The molecule has 1 aromatic rings. The Morgan fingerprint density at radius 2 is 2.28 bits per heavy atom. The fraction of sp³-hybridized carbons (Fsp3) is 0.692. The molecule has 2 saturated heterocycles. The molecule has 1 atom stereocenters. The van der Waals surface area contributed by atoms with Gasteiger partial charge in [-0.1, -0.05) is 0 Å². The van der Waals surface area contributed by atoms with Crippen molar-refractivity contribution >= 4 is 27.3 Å². The topological polar surface area (TPSA) is 30.5 Å². The second-order valence-electron chi connectivity index (χ2n) is 5.09. The Bertz CT molecular complexity index is 403. The summed E-state index contributed by atoms with van der Waals surface area (Å²) in [6, 6.07) is 4.19. The standard InChI is InChI=1S/C13H18BrNO2S/c14-12-2-1-11(18-12)9-16-10-7-13(17-8-10)3-5-15-6-4-13/h1-2,10,15H,3-9H2. The molecular formula is C13H18BrNO2S. The van der Waals surface area contributed by atoms with Crippen molar-refractivity contribution in [1.29, 1.82) is 0 Å². The van der Waals surface area contributed by atoms with Crippen LogP contribution in [0.5, 0.6) is 0 Å². The van der Waals surface area contributed by atoms with Crippen molar-refractivity contribution in [2.24, 2.45) is 0 Å². The summed E-state index contributed by atoms with van der Waals surface area (Å²) in [5.74, 6) is 0. The van der Waals surface area contributed by atoms with Crippen molar-refractivity contribution in [1.82, 2.24) is 5.32 Å². The molecule has 0 amide bonds. The molecule has 1 N–H and O–H groups in total. The molecule has 3 nitrogen and oxygen atoms in total. The zero-order valence-corrected chi connectivity index (χ0v) is 12.7. The van der Waals surface area contributed by atoms with Crippen LogP contribution in [0.3, 0.4) is 0 Å². The van der Waals surface area contributed by atoms with Crippen LogP contribution in [0.1, 0.15) is 24.1 Å². The van der Waals surface area contributed by atoms with Crippen molar-refractivity contribution in [2.75, 3.05) is 19.7 Å². The second kappa shape index (κ2) is 5.59. The van der Waals surface area contributed by atoms with Crippen molar-refractivity contribution in [3.8, 4) is 0 Å². The monoisotopic (exact) mass is 331 g/mol. The number of ether oxygens (including phenoxy) is 2. The third-order valence-corrected chi connectivity index (χ3v) is 5.38. The number of hydrogen-bond donors (Lipinski definition) is 1. The Morgan fingerprint density at radius 3 is 3.00 bits per heavy atom. The fourth-order valence-electron chi connectivity index (χ4n) is 2.77. The van der Waals surface area contributed by atoms with Gasteiger partial charge in [-0.25, -0.2) is 0 Å². The quantitative estimate of drug-likeness (QED) is 0.923. The molecule has 2 aliphatic rings. The Kier molecular flexibility index (Phi) is 4.06. The summed E-state index contributed by atoms with van der Waals surface area (Å²) in [6.07, 6.45) is 3.57. The van der Waals surface area contributed by atoms with Crippen molar-refractivity contribution < 1.29 is 9.47 Å². The van der Waals surface area contributed by atoms with E-state index in [4.69, 9.17) is 9.47 Å². The molecule has 2 aliphatic heterocycles. The maximum absolute atomic E-state index is 6.02. The lowest BCUT2D eigenvalue weighted by Gasteiger charge is -2.32. The van der Waals surface area contributed by atoms with Crippen molar-refractivity contribution in [3.63, 3.8) is 0 Å². The van der Waals surface area contributed by atoms with Crippen LogP contribution in [-0.4, -0.2) is 31.4 Å². The SMILES string of the molecule is Brc1ccc(COC2COC3(CCNCC3)C2)s1. The Hall–Kier alpha value is 0.0600. The van der Waals surface area contributed by atoms with E-state index in [1.165, 1.54) is 8.66 Å². The third kappa shape index (κ3) is 2.96. The van der Waals surface area contributed by atoms with Gasteiger partial charge >= 0.3 is 0 Å². The van der Waals surface area contributed by atoms with Gasteiger partial charge in [-0.2, -0.15) is 0 Å². The van der Waals surface area contributed by atoms with Gasteiger partial charge in [0.15, 0.2) is 0 Å². The van der Waals surface area contributed by atoms with Crippen LogP contribution in [0.4, 0.5) is 0 Å². The van der Waals surface area contributed by atoms with Crippen LogP contribution < -0.4 is 5.32 Å². The molecular weight excluding hydrogens is 314 g/mol. The largest absolute Gasteiger partial charge is 0.372 e. The highest BCUT2D eigenvalue weighted by atomic mass is 79.9. The first-order chi connectivity index (χ1) is 8.76. The minimum Gasteiger partial charge on any atom is -0.372 e. The fourth-order valence-corrected chi connectivity index (χ4v) is 4.18. The molecule has 5 heteroatoms. The Labute approximate surface area is 120 Å². The van der Waals surface area contributed by atoms with Gasteiger partial charge in [0.05, 0.1) is 28.7 Å². The van der Waals surface area contributed by atoms with Gasteiger partial charge in [0, 0.05) is 11.3 Å². The first-order valence-corrected chi connectivity index (χ1v) is 8.07. The van der Waals surface area contributed by atoms with E-state index in [1.807, 2.05) is 0 Å². The normalized spacial score (nSPS) is 26.8. The molecule has 0 saturated carbocycles. The predicted octanol–water partition coefficient (Wildman–Crippen LogP) is 2.94. The predicted molar refractivity (Wildman–Crippen MR) is 76.0 cm³/mol. The summed E-state index contributed by atoms with van der Waals surface area (Å²) in [4.78, 5) is 1.27. The van der Waals surface area contributed by atoms with Crippen molar-refractivity contribution in [3.05, 3.63) is 20.8 Å². The van der Waals surface area contributed by atoms with Crippen LogP contribution in [-0.2, 0) is 16.1 Å². The summed E-state index contributed by atoms with van der Waals surface area (Å²) in [6.45, 7) is 3.61. The maximum atomic E-state index is 6.02. The number of piperidine rings is 1. The average molecular weight is 332 g/mol. The molecule has 0 bridgehead atoms. The average Bonchev–Trinajstić information content (AvgIpc) is 2.96. The van der Waals surface area contributed by atoms with Crippen LogP contribution in [0.25, 0.3) is 0 Å². The molecule has 0 aliphatic carbocycles. The highest BCUT2D eigenvalue weighted by molar-refractivity contribution is 9.11. The van der Waals surface area contributed by atoms with Crippen LogP contribution >= 0.6 is 27.3 Å². The number of hydrogen-bond acceptors (Lipinski definition) is 4. The second-order valence-corrected chi connectivity index (χ2v) is 7.63. The van der Waals surface area contributed by atoms with E-state index in [2.05, 4.69) is 33.4 Å². The number of nitrogens with one attached hydrogen (secondary N) is 1. The first-order valence-electron chi connectivity index (χ1n) is 6.46. The highest BCUT2D eigenvalue weighted by Gasteiger charge is 2.41. The Balaban J connectivity index is 1.50. The summed E-state index contributed by atoms with van der Waals surface area (Å²) >= 11 is 5.21. The van der Waals surface area contributed by atoms with E-state index >= 15 is 0 Å². The molecule has 3 rings (SSSR count).